The Labute approximate surface area is 259 Å². The molecule has 0 aliphatic heterocycles. The van der Waals surface area contributed by atoms with Crippen molar-refractivity contribution >= 4 is 56.9 Å². The molecule has 0 aliphatic carbocycles. The summed E-state index contributed by atoms with van der Waals surface area (Å²) in [5, 5.41) is 3.01. The molecule has 2 aromatic heterocycles. The minimum absolute atomic E-state index is 0.0346. The lowest BCUT2D eigenvalue weighted by Gasteiger charge is -2.16. The summed E-state index contributed by atoms with van der Waals surface area (Å²) in [6.07, 6.45) is 6.72. The van der Waals surface area contributed by atoms with Crippen LogP contribution in [0.1, 0.15) is 17.5 Å². The Morgan fingerprint density at radius 3 is 2.02 bits per heavy atom. The van der Waals surface area contributed by atoms with Crippen LogP contribution in [0.4, 0.5) is 0 Å². The molecule has 5 nitrogen and oxygen atoms in total. The maximum Gasteiger partial charge on any atom is 0.162 e. The van der Waals surface area contributed by atoms with Gasteiger partial charge in [-0.25, -0.2) is 0 Å². The second kappa shape index (κ2) is 12.8. The highest BCUT2D eigenvalue weighted by Gasteiger charge is 2.15. The highest BCUT2D eigenvalue weighted by Crippen LogP contribution is 2.40. The number of aryl methyl sites for hydroxylation is 1. The van der Waals surface area contributed by atoms with Crippen molar-refractivity contribution in [3.8, 4) is 11.5 Å². The summed E-state index contributed by atoms with van der Waals surface area (Å²) in [5.74, 6) is 1.43. The van der Waals surface area contributed by atoms with Gasteiger partial charge in [0.25, 0.3) is 0 Å². The second-order valence-corrected chi connectivity index (χ2v) is 12.8. The lowest BCUT2D eigenvalue weighted by Crippen LogP contribution is -2.23. The van der Waals surface area contributed by atoms with Gasteiger partial charge in [0.1, 0.15) is 0 Å². The van der Waals surface area contributed by atoms with Crippen molar-refractivity contribution < 1.29 is 9.47 Å². The van der Waals surface area contributed by atoms with Crippen molar-refractivity contribution in [1.29, 1.82) is 0 Å². The highest BCUT2D eigenvalue weighted by atomic mass is 35.5. The van der Waals surface area contributed by atoms with Crippen LogP contribution < -0.4 is 15.2 Å². The van der Waals surface area contributed by atoms with Gasteiger partial charge in [-0.3, -0.25) is 0 Å². The van der Waals surface area contributed by atoms with Crippen LogP contribution in [0.3, 0.4) is 0 Å². The predicted molar refractivity (Wildman–Crippen MR) is 176 cm³/mol. The summed E-state index contributed by atoms with van der Waals surface area (Å²) in [5.41, 5.74) is 11.4. The second-order valence-electron chi connectivity index (χ2n) is 10.2. The van der Waals surface area contributed by atoms with Gasteiger partial charge in [-0.05, 0) is 60.7 Å². The van der Waals surface area contributed by atoms with E-state index in [4.69, 9.17) is 26.8 Å². The molecule has 0 spiro atoms. The maximum atomic E-state index is 6.76. The van der Waals surface area contributed by atoms with Crippen molar-refractivity contribution in [3.05, 3.63) is 107 Å². The number of benzene rings is 4. The van der Waals surface area contributed by atoms with E-state index in [0.717, 1.165) is 45.6 Å². The molecule has 0 aliphatic rings. The van der Waals surface area contributed by atoms with Crippen molar-refractivity contribution in [2.24, 2.45) is 5.73 Å². The summed E-state index contributed by atoms with van der Waals surface area (Å²) in [7, 11) is 3.31. The van der Waals surface area contributed by atoms with Gasteiger partial charge in [0.05, 0.1) is 19.7 Å². The number of H-pyrrole nitrogens is 2. The van der Waals surface area contributed by atoms with Crippen LogP contribution in [-0.2, 0) is 12.8 Å². The molecule has 0 fully saturated rings. The summed E-state index contributed by atoms with van der Waals surface area (Å²) in [6, 6.07) is 27.2. The smallest absolute Gasteiger partial charge is 0.162 e. The largest absolute Gasteiger partial charge is 0.493 e. The molecule has 8 heteroatoms. The summed E-state index contributed by atoms with van der Waals surface area (Å²) < 4.78 is 11.0. The quantitative estimate of drug-likeness (QED) is 0.136. The van der Waals surface area contributed by atoms with Crippen LogP contribution in [0, 0.1) is 0 Å². The monoisotopic (exact) mass is 613 g/mol. The molecule has 2 heterocycles. The first-order chi connectivity index (χ1) is 20.5. The van der Waals surface area contributed by atoms with Crippen LogP contribution in [0.25, 0.3) is 21.8 Å². The van der Waals surface area contributed by atoms with Crippen molar-refractivity contribution in [2.45, 2.75) is 44.9 Å². The number of fused-ring (bicyclic) bond motifs is 2. The first-order valence-electron chi connectivity index (χ1n) is 13.8. The van der Waals surface area contributed by atoms with E-state index in [9.17, 15) is 0 Å². The first kappa shape index (κ1) is 28.6. The van der Waals surface area contributed by atoms with Gasteiger partial charge in [-0.1, -0.05) is 77.6 Å². The Hall–Kier alpha value is -3.49. The molecule has 0 amide bonds. The number of aromatic nitrogens is 2. The zero-order valence-electron chi connectivity index (χ0n) is 23.4. The molecule has 1 atom stereocenters. The number of hydrogen-bond acceptors (Lipinski definition) is 5. The zero-order valence-corrected chi connectivity index (χ0v) is 25.8. The van der Waals surface area contributed by atoms with Crippen LogP contribution in [0.15, 0.2) is 111 Å². The summed E-state index contributed by atoms with van der Waals surface area (Å²) in [4.78, 5) is 11.5. The fraction of sp³-hybridized carbons (Fsp3) is 0.176. The van der Waals surface area contributed by atoms with E-state index in [0.29, 0.717) is 11.5 Å². The Bertz CT molecular complexity index is 1850. The average Bonchev–Trinajstić information content (AvgIpc) is 3.59. The minimum atomic E-state index is 0.0346. The van der Waals surface area contributed by atoms with Crippen molar-refractivity contribution in [2.75, 3.05) is 14.2 Å². The number of nitrogens with two attached hydrogens (primary N) is 1. The SMILES string of the molecule is COc1cc2[nH]cc(Sc3ccccc3CC(N)CCc3ccccc3Sc3c[nH]c4cc(Cl)ccc34)c2cc1OC. The molecular formula is C34H32ClN3O2S2. The normalized spacial score (nSPS) is 12.2. The Balaban J connectivity index is 1.15. The Kier molecular flexibility index (Phi) is 8.72. The number of ether oxygens (including phenoxy) is 2. The van der Waals surface area contributed by atoms with E-state index < -0.39 is 0 Å². The topological polar surface area (TPSA) is 76.1 Å². The van der Waals surface area contributed by atoms with Gasteiger partial charge < -0.3 is 25.2 Å². The molecule has 4 aromatic carbocycles. The Morgan fingerprint density at radius 2 is 1.31 bits per heavy atom. The van der Waals surface area contributed by atoms with Gasteiger partial charge in [0.15, 0.2) is 11.5 Å². The molecule has 1 unspecified atom stereocenters. The molecule has 0 bridgehead atoms. The highest BCUT2D eigenvalue weighted by molar-refractivity contribution is 8.00. The lowest BCUT2D eigenvalue weighted by atomic mass is 10.00. The van der Waals surface area contributed by atoms with Gasteiger partial charge in [-0.15, -0.1) is 0 Å². The van der Waals surface area contributed by atoms with Gasteiger partial charge in [0.2, 0.25) is 0 Å². The third-order valence-electron chi connectivity index (χ3n) is 7.41. The molecule has 4 N–H and O–H groups in total. The fourth-order valence-corrected chi connectivity index (χ4v) is 7.53. The van der Waals surface area contributed by atoms with Crippen LogP contribution in [-0.4, -0.2) is 30.2 Å². The van der Waals surface area contributed by atoms with E-state index in [1.54, 1.807) is 37.7 Å². The predicted octanol–water partition coefficient (Wildman–Crippen LogP) is 9.12. The van der Waals surface area contributed by atoms with E-state index in [1.807, 2.05) is 30.5 Å². The Morgan fingerprint density at radius 1 is 0.714 bits per heavy atom. The fourth-order valence-electron chi connectivity index (χ4n) is 5.21. The zero-order chi connectivity index (χ0) is 29.1. The van der Waals surface area contributed by atoms with Crippen LogP contribution >= 0.6 is 35.1 Å². The summed E-state index contributed by atoms with van der Waals surface area (Å²) in [6.45, 7) is 0. The molecular weight excluding hydrogens is 582 g/mol. The first-order valence-corrected chi connectivity index (χ1v) is 15.8. The summed E-state index contributed by atoms with van der Waals surface area (Å²) >= 11 is 9.71. The average molecular weight is 614 g/mol. The van der Waals surface area contributed by atoms with E-state index in [1.165, 1.54) is 31.2 Å². The van der Waals surface area contributed by atoms with Crippen molar-refractivity contribution in [3.63, 3.8) is 0 Å². The van der Waals surface area contributed by atoms with E-state index in [-0.39, 0.29) is 6.04 Å². The molecule has 0 radical (unpaired) electrons. The number of halogens is 1. The molecule has 214 valence electrons. The lowest BCUT2D eigenvalue weighted by molar-refractivity contribution is 0.356. The molecule has 6 aromatic rings. The number of aromatic amines is 2. The van der Waals surface area contributed by atoms with Gasteiger partial charge in [-0.2, -0.15) is 0 Å². The third-order valence-corrected chi connectivity index (χ3v) is 9.99. The number of methoxy groups -OCH3 is 2. The van der Waals surface area contributed by atoms with Gasteiger partial charge in [0, 0.05) is 65.4 Å². The van der Waals surface area contributed by atoms with E-state index in [2.05, 4.69) is 70.8 Å². The van der Waals surface area contributed by atoms with Crippen LogP contribution in [0.5, 0.6) is 11.5 Å². The third kappa shape index (κ3) is 6.15. The van der Waals surface area contributed by atoms with E-state index >= 15 is 0 Å². The van der Waals surface area contributed by atoms with Crippen LogP contribution in [0.2, 0.25) is 5.02 Å². The number of nitrogens with one attached hydrogen (secondary N) is 2. The van der Waals surface area contributed by atoms with Gasteiger partial charge >= 0.3 is 0 Å². The molecule has 0 saturated heterocycles. The number of rotatable bonds is 11. The maximum absolute atomic E-state index is 6.76. The molecule has 6 rings (SSSR count). The molecule has 0 saturated carbocycles. The standard InChI is InChI=1S/C34H32ClN3O2S2/c1-39-29-17-26-28(18-30(29)40-2)38-20-34(26)42-32-10-6-4-8-22(32)15-24(36)13-11-21-7-3-5-9-31(21)41-33-19-37-27-16-23(35)12-14-25(27)33/h3-10,12,14,16-20,24,37-38H,11,13,15,36H2,1-2H3. The van der Waals surface area contributed by atoms with Crippen molar-refractivity contribution in [1.82, 2.24) is 9.97 Å². The number of hydrogen-bond donors (Lipinski definition) is 3. The minimum Gasteiger partial charge on any atom is -0.493 e. The molecule has 42 heavy (non-hydrogen) atoms.